The van der Waals surface area contributed by atoms with Crippen LogP contribution < -0.4 is 4.90 Å². The van der Waals surface area contributed by atoms with E-state index in [0.29, 0.717) is 19.3 Å². The van der Waals surface area contributed by atoms with Crippen LogP contribution in [0.1, 0.15) is 0 Å². The Bertz CT molecular complexity index is 640. The molecule has 2 aromatic rings. The fourth-order valence-electron chi connectivity index (χ4n) is 2.98. The number of ether oxygens (including phenoxy) is 1. The zero-order valence-corrected chi connectivity index (χ0v) is 11.8. The Morgan fingerprint density at radius 2 is 2.19 bits per heavy atom. The third-order valence-corrected chi connectivity index (χ3v) is 4.45. The molecule has 2 fully saturated rings. The van der Waals surface area contributed by atoms with Crippen molar-refractivity contribution in [2.24, 2.45) is 0 Å². The van der Waals surface area contributed by atoms with Gasteiger partial charge in [0, 0.05) is 19.1 Å². The number of aliphatic hydroxyl groups is 1. The lowest BCUT2D eigenvalue weighted by molar-refractivity contribution is 0.0635. The molecule has 2 aromatic heterocycles. The average Bonchev–Trinajstić information content (AvgIpc) is 3.04. The minimum atomic E-state index is -0.379. The zero-order chi connectivity index (χ0) is 14.4. The first kappa shape index (κ1) is 12.9. The topological polar surface area (TPSA) is 79.0 Å². The van der Waals surface area contributed by atoms with Crippen molar-refractivity contribution in [2.75, 3.05) is 38.3 Å². The van der Waals surface area contributed by atoms with Gasteiger partial charge in [0.25, 0.3) is 0 Å². The molecule has 0 spiro atoms. The van der Waals surface area contributed by atoms with E-state index in [-0.39, 0.29) is 12.1 Å². The van der Waals surface area contributed by atoms with E-state index in [4.69, 9.17) is 4.74 Å². The molecule has 0 aliphatic carbocycles. The zero-order valence-electron chi connectivity index (χ0n) is 11.8. The summed E-state index contributed by atoms with van der Waals surface area (Å²) in [5, 5.41) is 22.2. The molecule has 1 N–H and O–H groups in total. The molecule has 2 atom stereocenters. The quantitative estimate of drug-likeness (QED) is 0.777. The van der Waals surface area contributed by atoms with Crippen molar-refractivity contribution in [3.8, 4) is 0 Å². The molecule has 0 amide bonds. The van der Waals surface area contributed by atoms with Gasteiger partial charge in [-0.05, 0) is 19.2 Å². The predicted octanol–water partition coefficient (Wildman–Crippen LogP) is -0.996. The molecule has 2 unspecified atom stereocenters. The fraction of sp³-hybridized carbons (Fsp3) is 0.615. The fourth-order valence-corrected chi connectivity index (χ4v) is 2.98. The molecule has 112 valence electrons. The summed E-state index contributed by atoms with van der Waals surface area (Å²) in [6, 6.07) is 4.41. The highest BCUT2D eigenvalue weighted by molar-refractivity contribution is 5.47. The molecule has 0 bridgehead atoms. The molecule has 4 heterocycles. The van der Waals surface area contributed by atoms with Crippen LogP contribution in [0.15, 0.2) is 18.5 Å². The molecule has 0 saturated carbocycles. The summed E-state index contributed by atoms with van der Waals surface area (Å²) in [6.07, 6.45) is 1.23. The number of hydrogen-bond donors (Lipinski definition) is 1. The minimum absolute atomic E-state index is 0.102. The smallest absolute Gasteiger partial charge is 0.177 e. The Morgan fingerprint density at radius 3 is 2.95 bits per heavy atom. The first-order valence-electron chi connectivity index (χ1n) is 7.12. The van der Waals surface area contributed by atoms with Crippen LogP contribution in [-0.2, 0) is 4.74 Å². The van der Waals surface area contributed by atoms with Crippen molar-refractivity contribution in [3.63, 3.8) is 0 Å². The second kappa shape index (κ2) is 4.90. The molecule has 8 heteroatoms. The monoisotopic (exact) mass is 290 g/mol. The lowest BCUT2D eigenvalue weighted by Crippen LogP contribution is -2.62. The van der Waals surface area contributed by atoms with Gasteiger partial charge in [-0.1, -0.05) is 0 Å². The number of aromatic nitrogens is 4. The highest BCUT2D eigenvalue weighted by Crippen LogP contribution is 2.24. The Balaban J connectivity index is 1.42. The molecule has 21 heavy (non-hydrogen) atoms. The molecule has 2 aliphatic heterocycles. The van der Waals surface area contributed by atoms with Gasteiger partial charge < -0.3 is 14.7 Å². The van der Waals surface area contributed by atoms with Crippen LogP contribution in [0.5, 0.6) is 0 Å². The van der Waals surface area contributed by atoms with E-state index < -0.39 is 0 Å². The van der Waals surface area contributed by atoms with Crippen LogP contribution in [0.4, 0.5) is 5.82 Å². The van der Waals surface area contributed by atoms with Gasteiger partial charge in [0.2, 0.25) is 0 Å². The SMILES string of the molecule is CN(C1CN(c2ccc3nncn3n2)C1)C1COCC1O. The van der Waals surface area contributed by atoms with E-state index in [0.717, 1.165) is 24.6 Å². The van der Waals surface area contributed by atoms with Gasteiger partial charge >= 0.3 is 0 Å². The largest absolute Gasteiger partial charge is 0.389 e. The standard InChI is InChI=1S/C13H18N6O2/c1-17(10-6-21-7-11(10)20)9-4-18(5-9)13-3-2-12-15-14-8-19(12)16-13/h2-3,8-11,20H,4-7H2,1H3. The summed E-state index contributed by atoms with van der Waals surface area (Å²) in [7, 11) is 2.06. The minimum Gasteiger partial charge on any atom is -0.389 e. The van der Waals surface area contributed by atoms with Gasteiger partial charge in [-0.25, -0.2) is 0 Å². The summed E-state index contributed by atoms with van der Waals surface area (Å²) in [5.74, 6) is 0.926. The van der Waals surface area contributed by atoms with Crippen molar-refractivity contribution in [2.45, 2.75) is 18.2 Å². The number of hydrogen-bond acceptors (Lipinski definition) is 7. The Labute approximate surface area is 121 Å². The number of nitrogens with zero attached hydrogens (tertiary/aromatic N) is 6. The molecule has 2 aliphatic rings. The van der Waals surface area contributed by atoms with Gasteiger partial charge in [0.05, 0.1) is 25.4 Å². The number of anilines is 1. The molecule has 4 rings (SSSR count). The molecule has 2 saturated heterocycles. The highest BCUT2D eigenvalue weighted by atomic mass is 16.5. The molecular formula is C13H18N6O2. The Hall–Kier alpha value is -1.77. The average molecular weight is 290 g/mol. The number of likely N-dealkylation sites (N-methyl/N-ethyl adjacent to an activating group) is 1. The van der Waals surface area contributed by atoms with Crippen molar-refractivity contribution >= 4 is 11.5 Å². The highest BCUT2D eigenvalue weighted by Gasteiger charge is 2.38. The maximum atomic E-state index is 9.90. The second-order valence-corrected chi connectivity index (χ2v) is 5.72. The van der Waals surface area contributed by atoms with Gasteiger partial charge in [-0.15, -0.1) is 15.3 Å². The summed E-state index contributed by atoms with van der Waals surface area (Å²) >= 11 is 0. The molecule has 8 nitrogen and oxygen atoms in total. The first-order valence-corrected chi connectivity index (χ1v) is 7.12. The summed E-state index contributed by atoms with van der Waals surface area (Å²) in [5.41, 5.74) is 0.749. The van der Waals surface area contributed by atoms with Crippen molar-refractivity contribution in [3.05, 3.63) is 18.5 Å². The van der Waals surface area contributed by atoms with Crippen molar-refractivity contribution in [1.82, 2.24) is 24.7 Å². The van der Waals surface area contributed by atoms with E-state index in [1.165, 1.54) is 0 Å². The number of aliphatic hydroxyl groups excluding tert-OH is 1. The van der Waals surface area contributed by atoms with Crippen LogP contribution in [-0.4, -0.2) is 81.4 Å². The van der Waals surface area contributed by atoms with Gasteiger partial charge in [0.15, 0.2) is 5.65 Å². The number of rotatable bonds is 3. The summed E-state index contributed by atoms with van der Waals surface area (Å²) in [4.78, 5) is 4.44. The van der Waals surface area contributed by atoms with Crippen LogP contribution in [0.25, 0.3) is 5.65 Å². The Morgan fingerprint density at radius 1 is 1.33 bits per heavy atom. The van der Waals surface area contributed by atoms with Crippen LogP contribution in [0.3, 0.4) is 0 Å². The summed E-state index contributed by atoms with van der Waals surface area (Å²) in [6.45, 7) is 2.86. The van der Waals surface area contributed by atoms with Gasteiger partial charge in [-0.3, -0.25) is 4.90 Å². The van der Waals surface area contributed by atoms with E-state index in [9.17, 15) is 5.11 Å². The van der Waals surface area contributed by atoms with Crippen LogP contribution in [0, 0.1) is 0 Å². The van der Waals surface area contributed by atoms with E-state index in [2.05, 4.69) is 32.1 Å². The van der Waals surface area contributed by atoms with Gasteiger partial charge in [-0.2, -0.15) is 4.52 Å². The maximum Gasteiger partial charge on any atom is 0.177 e. The third kappa shape index (κ3) is 2.15. The van der Waals surface area contributed by atoms with E-state index in [1.54, 1.807) is 10.8 Å². The molecule has 0 radical (unpaired) electrons. The normalized spacial score (nSPS) is 26.7. The van der Waals surface area contributed by atoms with Crippen molar-refractivity contribution < 1.29 is 9.84 Å². The van der Waals surface area contributed by atoms with Crippen LogP contribution >= 0.6 is 0 Å². The molecular weight excluding hydrogens is 272 g/mol. The molecule has 0 aromatic carbocycles. The lowest BCUT2D eigenvalue weighted by atomic mass is 10.0. The van der Waals surface area contributed by atoms with Crippen LogP contribution in [0.2, 0.25) is 0 Å². The first-order chi connectivity index (χ1) is 10.2. The maximum absolute atomic E-state index is 9.90. The Kier molecular flexibility index (Phi) is 3.02. The summed E-state index contributed by atoms with van der Waals surface area (Å²) < 4.78 is 7.01. The van der Waals surface area contributed by atoms with Gasteiger partial charge in [0.1, 0.15) is 12.1 Å². The lowest BCUT2D eigenvalue weighted by Gasteiger charge is -2.46. The third-order valence-electron chi connectivity index (χ3n) is 4.45. The number of fused-ring (bicyclic) bond motifs is 1. The van der Waals surface area contributed by atoms with Crippen molar-refractivity contribution in [1.29, 1.82) is 0 Å². The second-order valence-electron chi connectivity index (χ2n) is 5.72. The van der Waals surface area contributed by atoms with E-state index in [1.807, 2.05) is 12.1 Å². The predicted molar refractivity (Wildman–Crippen MR) is 75.2 cm³/mol. The van der Waals surface area contributed by atoms with E-state index >= 15 is 0 Å².